The quantitative estimate of drug-likeness (QED) is 0.852. The van der Waals surface area contributed by atoms with Gasteiger partial charge in [0.25, 0.3) is 0 Å². The Hall–Kier alpha value is -1.87. The van der Waals surface area contributed by atoms with Gasteiger partial charge in [0, 0.05) is 38.9 Å². The molecule has 1 aromatic heterocycles. The fraction of sp³-hybridized carbons (Fsp3) is 0.353. The second-order valence-corrected chi connectivity index (χ2v) is 5.39. The number of hydrogen-bond donors (Lipinski definition) is 0. The van der Waals surface area contributed by atoms with Crippen LogP contribution in [0, 0.1) is 6.92 Å². The zero-order valence-electron chi connectivity index (χ0n) is 12.0. The molecular weight excluding hydrogens is 246 g/mol. The van der Waals surface area contributed by atoms with Gasteiger partial charge in [0.1, 0.15) is 5.82 Å². The summed E-state index contributed by atoms with van der Waals surface area (Å²) in [5.41, 5.74) is 2.67. The Morgan fingerprint density at radius 2 is 1.70 bits per heavy atom. The number of anilines is 1. The lowest BCUT2D eigenvalue weighted by Gasteiger charge is -2.36. The lowest BCUT2D eigenvalue weighted by molar-refractivity contribution is 0.249. The van der Waals surface area contributed by atoms with Crippen molar-refractivity contribution in [2.75, 3.05) is 31.1 Å². The van der Waals surface area contributed by atoms with Crippen molar-refractivity contribution >= 4 is 5.82 Å². The van der Waals surface area contributed by atoms with Crippen LogP contribution in [0.5, 0.6) is 0 Å². The van der Waals surface area contributed by atoms with Crippen LogP contribution in [0.25, 0.3) is 0 Å². The smallest absolute Gasteiger partial charge is 0.131 e. The van der Waals surface area contributed by atoms with Gasteiger partial charge in [0.2, 0.25) is 0 Å². The van der Waals surface area contributed by atoms with Gasteiger partial charge < -0.3 is 4.90 Å². The number of aromatic nitrogens is 1. The summed E-state index contributed by atoms with van der Waals surface area (Å²) >= 11 is 0. The maximum atomic E-state index is 4.52. The van der Waals surface area contributed by atoms with Gasteiger partial charge in [-0.1, -0.05) is 36.4 Å². The predicted molar refractivity (Wildman–Crippen MR) is 82.9 cm³/mol. The molecule has 20 heavy (non-hydrogen) atoms. The Morgan fingerprint density at radius 3 is 2.40 bits per heavy atom. The molecule has 1 fully saturated rings. The normalized spacial score (nSPS) is 16.4. The number of piperazine rings is 1. The highest BCUT2D eigenvalue weighted by atomic mass is 15.3. The highest BCUT2D eigenvalue weighted by Gasteiger charge is 2.18. The molecule has 3 heteroatoms. The Bertz CT molecular complexity index is 545. The van der Waals surface area contributed by atoms with Crippen molar-refractivity contribution in [1.82, 2.24) is 9.88 Å². The van der Waals surface area contributed by atoms with Crippen molar-refractivity contribution in [3.8, 4) is 0 Å². The summed E-state index contributed by atoms with van der Waals surface area (Å²) in [5.74, 6) is 1.15. The van der Waals surface area contributed by atoms with Crippen LogP contribution in [-0.4, -0.2) is 36.1 Å². The number of nitrogens with zero attached hydrogens (tertiary/aromatic N) is 3. The number of pyridine rings is 1. The van der Waals surface area contributed by atoms with Crippen LogP contribution in [0.3, 0.4) is 0 Å². The van der Waals surface area contributed by atoms with Gasteiger partial charge in [0.05, 0.1) is 0 Å². The molecular formula is C17H21N3. The maximum Gasteiger partial charge on any atom is 0.131 e. The first-order valence-electron chi connectivity index (χ1n) is 7.26. The summed E-state index contributed by atoms with van der Waals surface area (Å²) in [6, 6.07) is 14.9. The first-order valence-corrected chi connectivity index (χ1v) is 7.26. The largest absolute Gasteiger partial charge is 0.354 e. The van der Waals surface area contributed by atoms with E-state index < -0.39 is 0 Å². The average molecular weight is 267 g/mol. The van der Waals surface area contributed by atoms with Crippen molar-refractivity contribution in [2.45, 2.75) is 13.5 Å². The molecule has 0 amide bonds. The molecule has 0 atom stereocenters. The molecule has 2 aromatic rings. The molecule has 0 aliphatic carbocycles. The van der Waals surface area contributed by atoms with Crippen LogP contribution in [0.1, 0.15) is 11.1 Å². The predicted octanol–water partition coefficient (Wildman–Crippen LogP) is 2.71. The van der Waals surface area contributed by atoms with Gasteiger partial charge >= 0.3 is 0 Å². The van der Waals surface area contributed by atoms with Crippen LogP contribution in [-0.2, 0) is 6.54 Å². The lowest BCUT2D eigenvalue weighted by Crippen LogP contribution is -2.46. The van der Waals surface area contributed by atoms with E-state index in [1.54, 1.807) is 0 Å². The van der Waals surface area contributed by atoms with Crippen LogP contribution < -0.4 is 4.90 Å². The number of aryl methyl sites for hydroxylation is 1. The third-order valence-corrected chi connectivity index (χ3v) is 3.90. The van der Waals surface area contributed by atoms with Gasteiger partial charge in [-0.15, -0.1) is 0 Å². The van der Waals surface area contributed by atoms with Crippen molar-refractivity contribution in [3.05, 3.63) is 59.8 Å². The summed E-state index contributed by atoms with van der Waals surface area (Å²) in [6.07, 6.45) is 1.89. The first kappa shape index (κ1) is 13.1. The van der Waals surface area contributed by atoms with E-state index in [9.17, 15) is 0 Å². The summed E-state index contributed by atoms with van der Waals surface area (Å²) in [7, 11) is 0. The van der Waals surface area contributed by atoms with Crippen molar-refractivity contribution in [2.24, 2.45) is 0 Å². The standard InChI is InChI=1S/C17H21N3/c1-15-6-5-9-18-17(15)20-12-10-19(11-13-20)14-16-7-3-2-4-8-16/h2-9H,10-14H2,1H3. The van der Waals surface area contributed by atoms with Gasteiger partial charge in [0.15, 0.2) is 0 Å². The molecule has 0 saturated carbocycles. The SMILES string of the molecule is Cc1cccnc1N1CCN(Cc2ccccc2)CC1. The number of benzene rings is 1. The summed E-state index contributed by atoms with van der Waals surface area (Å²) in [5, 5.41) is 0. The molecule has 0 unspecified atom stereocenters. The van der Waals surface area contributed by atoms with E-state index in [-0.39, 0.29) is 0 Å². The molecule has 3 nitrogen and oxygen atoms in total. The van der Waals surface area contributed by atoms with E-state index in [2.05, 4.69) is 58.1 Å². The highest BCUT2D eigenvalue weighted by molar-refractivity contribution is 5.46. The molecule has 0 radical (unpaired) electrons. The van der Waals surface area contributed by atoms with Gasteiger partial charge in [-0.2, -0.15) is 0 Å². The maximum absolute atomic E-state index is 4.52. The van der Waals surface area contributed by atoms with Gasteiger partial charge in [-0.25, -0.2) is 4.98 Å². The highest BCUT2D eigenvalue weighted by Crippen LogP contribution is 2.18. The van der Waals surface area contributed by atoms with E-state index in [1.165, 1.54) is 11.1 Å². The Kier molecular flexibility index (Phi) is 3.97. The molecule has 1 aliphatic heterocycles. The topological polar surface area (TPSA) is 19.4 Å². The molecule has 0 N–H and O–H groups in total. The lowest BCUT2D eigenvalue weighted by atomic mass is 10.2. The van der Waals surface area contributed by atoms with Crippen LogP contribution in [0.15, 0.2) is 48.7 Å². The molecule has 0 bridgehead atoms. The van der Waals surface area contributed by atoms with Crippen molar-refractivity contribution in [3.63, 3.8) is 0 Å². The van der Waals surface area contributed by atoms with Gasteiger partial charge in [-0.05, 0) is 24.1 Å². The average Bonchev–Trinajstić information content (AvgIpc) is 2.50. The van der Waals surface area contributed by atoms with E-state index in [1.807, 2.05) is 12.3 Å². The zero-order valence-corrected chi connectivity index (χ0v) is 12.0. The van der Waals surface area contributed by atoms with Gasteiger partial charge in [-0.3, -0.25) is 4.90 Å². The second-order valence-electron chi connectivity index (χ2n) is 5.39. The van der Waals surface area contributed by atoms with E-state index in [0.717, 1.165) is 38.5 Å². The summed E-state index contributed by atoms with van der Waals surface area (Å²) < 4.78 is 0. The van der Waals surface area contributed by atoms with E-state index in [4.69, 9.17) is 0 Å². The molecule has 2 heterocycles. The molecule has 1 aliphatic rings. The molecule has 1 aromatic carbocycles. The summed E-state index contributed by atoms with van der Waals surface area (Å²) in [4.78, 5) is 9.44. The zero-order chi connectivity index (χ0) is 13.8. The monoisotopic (exact) mass is 267 g/mol. The minimum Gasteiger partial charge on any atom is -0.354 e. The summed E-state index contributed by atoms with van der Waals surface area (Å²) in [6.45, 7) is 7.51. The van der Waals surface area contributed by atoms with Crippen LogP contribution in [0.2, 0.25) is 0 Å². The van der Waals surface area contributed by atoms with Crippen LogP contribution >= 0.6 is 0 Å². The van der Waals surface area contributed by atoms with Crippen LogP contribution in [0.4, 0.5) is 5.82 Å². The van der Waals surface area contributed by atoms with E-state index in [0.29, 0.717) is 0 Å². The number of hydrogen-bond acceptors (Lipinski definition) is 3. The molecule has 104 valence electrons. The third-order valence-electron chi connectivity index (χ3n) is 3.90. The minimum atomic E-state index is 1.05. The molecule has 1 saturated heterocycles. The minimum absolute atomic E-state index is 1.05. The molecule has 0 spiro atoms. The molecule has 3 rings (SSSR count). The third kappa shape index (κ3) is 2.99. The Balaban J connectivity index is 1.59. The first-order chi connectivity index (χ1) is 9.83. The fourth-order valence-electron chi connectivity index (χ4n) is 2.77. The fourth-order valence-corrected chi connectivity index (χ4v) is 2.77. The second kappa shape index (κ2) is 6.06. The Morgan fingerprint density at radius 1 is 0.950 bits per heavy atom. The van der Waals surface area contributed by atoms with E-state index >= 15 is 0 Å². The Labute approximate surface area is 120 Å². The number of rotatable bonds is 3. The van der Waals surface area contributed by atoms with Crippen molar-refractivity contribution < 1.29 is 0 Å². The van der Waals surface area contributed by atoms with Crippen molar-refractivity contribution in [1.29, 1.82) is 0 Å².